The summed E-state index contributed by atoms with van der Waals surface area (Å²) in [5.41, 5.74) is 0.360. The van der Waals surface area contributed by atoms with Gasteiger partial charge in [-0.15, -0.1) is 0 Å². The number of amides is 1. The van der Waals surface area contributed by atoms with Gasteiger partial charge in [-0.1, -0.05) is 30.3 Å². The minimum Gasteiger partial charge on any atom is -0.489 e. The summed E-state index contributed by atoms with van der Waals surface area (Å²) in [7, 11) is 0. The second kappa shape index (κ2) is 9.32. The number of hydrogen-bond donors (Lipinski definition) is 2. The fourth-order valence-corrected chi connectivity index (χ4v) is 2.57. The lowest BCUT2D eigenvalue weighted by molar-refractivity contribution is -0.385. The maximum Gasteiger partial charge on any atom is 0.356 e. The lowest BCUT2D eigenvalue weighted by Crippen LogP contribution is -2.14. The Morgan fingerprint density at radius 2 is 1.93 bits per heavy atom. The van der Waals surface area contributed by atoms with Gasteiger partial charge in [-0.05, 0) is 24.6 Å². The van der Waals surface area contributed by atoms with E-state index in [1.807, 2.05) is 30.3 Å². The predicted octanol–water partition coefficient (Wildman–Crippen LogP) is 3.33. The molecule has 0 saturated carbocycles. The molecule has 2 aromatic carbocycles. The number of nitro benzene ring substituents is 1. The monoisotopic (exact) mass is 410 g/mol. The van der Waals surface area contributed by atoms with Gasteiger partial charge < -0.3 is 14.8 Å². The van der Waals surface area contributed by atoms with E-state index in [2.05, 4.69) is 15.5 Å². The van der Waals surface area contributed by atoms with Crippen LogP contribution in [0.5, 0.6) is 5.75 Å². The van der Waals surface area contributed by atoms with E-state index < -0.39 is 16.8 Å². The number of aromatic amines is 1. The number of H-pyrrole nitrogens is 1. The molecule has 0 spiro atoms. The third-order valence-corrected chi connectivity index (χ3v) is 3.97. The average molecular weight is 410 g/mol. The summed E-state index contributed by atoms with van der Waals surface area (Å²) in [5, 5.41) is 20.0. The fraction of sp³-hybridized carbons (Fsp3) is 0.150. The van der Waals surface area contributed by atoms with Crippen LogP contribution in [0.2, 0.25) is 0 Å². The van der Waals surface area contributed by atoms with Crippen molar-refractivity contribution < 1.29 is 24.0 Å². The van der Waals surface area contributed by atoms with Gasteiger partial charge >= 0.3 is 5.97 Å². The first kappa shape index (κ1) is 20.5. The Morgan fingerprint density at radius 1 is 1.17 bits per heavy atom. The van der Waals surface area contributed by atoms with E-state index >= 15 is 0 Å². The molecule has 10 nitrogen and oxygen atoms in total. The molecule has 2 N–H and O–H groups in total. The number of hydrogen-bond acceptors (Lipinski definition) is 7. The first-order valence-electron chi connectivity index (χ1n) is 8.97. The highest BCUT2D eigenvalue weighted by atomic mass is 16.6. The highest BCUT2D eigenvalue weighted by molar-refractivity contribution is 6.07. The van der Waals surface area contributed by atoms with Crippen LogP contribution in [0.25, 0.3) is 0 Å². The molecule has 1 aromatic heterocycles. The lowest BCUT2D eigenvalue weighted by atomic mass is 10.1. The van der Waals surface area contributed by atoms with E-state index in [0.717, 1.165) is 5.56 Å². The SMILES string of the molecule is CCOC(=O)c1cc(NC(=O)c2cc(OCc3ccccc3)ccc2[N+](=O)[O-])n[nH]1. The standard InChI is InChI=1S/C20H18N4O6/c1-2-29-20(26)16-11-18(23-22-16)21-19(25)15-10-14(8-9-17(15)24(27)28)30-12-13-6-4-3-5-7-13/h3-11H,2,12H2,1H3,(H2,21,22,23,25). The van der Waals surface area contributed by atoms with E-state index in [4.69, 9.17) is 9.47 Å². The van der Waals surface area contributed by atoms with Gasteiger partial charge in [0.05, 0.1) is 11.5 Å². The van der Waals surface area contributed by atoms with Crippen molar-refractivity contribution in [3.63, 3.8) is 0 Å². The zero-order valence-electron chi connectivity index (χ0n) is 16.0. The Balaban J connectivity index is 1.77. The van der Waals surface area contributed by atoms with Crippen molar-refractivity contribution in [3.8, 4) is 5.75 Å². The maximum atomic E-state index is 12.6. The van der Waals surface area contributed by atoms with Crippen LogP contribution in [0.1, 0.15) is 33.3 Å². The topological polar surface area (TPSA) is 136 Å². The Hall–Kier alpha value is -4.21. The van der Waals surface area contributed by atoms with Crippen LogP contribution in [-0.4, -0.2) is 33.6 Å². The van der Waals surface area contributed by atoms with Crippen LogP contribution in [0.3, 0.4) is 0 Å². The smallest absolute Gasteiger partial charge is 0.356 e. The highest BCUT2D eigenvalue weighted by Gasteiger charge is 2.22. The van der Waals surface area contributed by atoms with Gasteiger partial charge in [0, 0.05) is 12.1 Å². The third kappa shape index (κ3) is 4.98. The molecule has 0 atom stereocenters. The fourth-order valence-electron chi connectivity index (χ4n) is 2.57. The number of anilines is 1. The van der Waals surface area contributed by atoms with Gasteiger partial charge in [-0.3, -0.25) is 20.0 Å². The number of carbonyl (C=O) groups excluding carboxylic acids is 2. The normalized spacial score (nSPS) is 10.3. The molecule has 0 radical (unpaired) electrons. The number of rotatable bonds is 8. The third-order valence-electron chi connectivity index (χ3n) is 3.97. The van der Waals surface area contributed by atoms with Crippen molar-refractivity contribution in [1.29, 1.82) is 0 Å². The van der Waals surface area contributed by atoms with E-state index in [1.54, 1.807) is 6.92 Å². The molecule has 0 bridgehead atoms. The van der Waals surface area contributed by atoms with E-state index in [-0.39, 0.29) is 36.0 Å². The number of nitro groups is 1. The average Bonchev–Trinajstić information content (AvgIpc) is 3.21. The zero-order chi connectivity index (χ0) is 21.5. The maximum absolute atomic E-state index is 12.6. The van der Waals surface area contributed by atoms with E-state index in [1.165, 1.54) is 24.3 Å². The summed E-state index contributed by atoms with van der Waals surface area (Å²) >= 11 is 0. The van der Waals surface area contributed by atoms with E-state index in [9.17, 15) is 19.7 Å². The minimum absolute atomic E-state index is 0.0213. The summed E-state index contributed by atoms with van der Waals surface area (Å²) in [6.07, 6.45) is 0. The molecule has 3 aromatic rings. The van der Waals surface area contributed by atoms with Gasteiger partial charge in [0.25, 0.3) is 11.6 Å². The number of carbonyl (C=O) groups is 2. The molecular formula is C20H18N4O6. The molecule has 0 aliphatic rings. The Kier molecular flexibility index (Phi) is 6.38. The Morgan fingerprint density at radius 3 is 2.63 bits per heavy atom. The molecule has 0 aliphatic carbocycles. The quantitative estimate of drug-likeness (QED) is 0.330. The number of nitrogens with one attached hydrogen (secondary N) is 2. The summed E-state index contributed by atoms with van der Waals surface area (Å²) < 4.78 is 10.5. The van der Waals surface area contributed by atoms with Gasteiger partial charge in [-0.25, -0.2) is 4.79 Å². The highest BCUT2D eigenvalue weighted by Crippen LogP contribution is 2.25. The van der Waals surface area contributed by atoms with Gasteiger partial charge in [0.15, 0.2) is 5.82 Å². The van der Waals surface area contributed by atoms with E-state index in [0.29, 0.717) is 5.75 Å². The minimum atomic E-state index is -0.770. The molecule has 3 rings (SSSR count). The van der Waals surface area contributed by atoms with Crippen molar-refractivity contribution in [2.75, 3.05) is 11.9 Å². The number of benzene rings is 2. The Labute approximate surface area is 171 Å². The molecule has 1 amide bonds. The summed E-state index contributed by atoms with van der Waals surface area (Å²) in [5.74, 6) is -1.08. The summed E-state index contributed by atoms with van der Waals surface area (Å²) in [6.45, 7) is 2.08. The predicted molar refractivity (Wildman–Crippen MR) is 106 cm³/mol. The second-order valence-corrected chi connectivity index (χ2v) is 6.05. The summed E-state index contributed by atoms with van der Waals surface area (Å²) in [4.78, 5) is 35.0. The van der Waals surface area contributed by atoms with Crippen LogP contribution in [0.15, 0.2) is 54.6 Å². The number of aromatic nitrogens is 2. The van der Waals surface area contributed by atoms with Gasteiger partial charge in [0.2, 0.25) is 0 Å². The molecular weight excluding hydrogens is 392 g/mol. The van der Waals surface area contributed by atoms with Gasteiger partial charge in [0.1, 0.15) is 23.6 Å². The number of ether oxygens (including phenoxy) is 2. The van der Waals surface area contributed by atoms with Crippen molar-refractivity contribution in [2.45, 2.75) is 13.5 Å². The first-order valence-corrected chi connectivity index (χ1v) is 8.97. The summed E-state index contributed by atoms with van der Waals surface area (Å²) in [6, 6.07) is 14.5. The van der Waals surface area contributed by atoms with Crippen molar-refractivity contribution in [1.82, 2.24) is 10.2 Å². The van der Waals surface area contributed by atoms with Crippen LogP contribution < -0.4 is 10.1 Å². The van der Waals surface area contributed by atoms with Crippen molar-refractivity contribution >= 4 is 23.4 Å². The number of nitrogens with zero attached hydrogens (tertiary/aromatic N) is 2. The lowest BCUT2D eigenvalue weighted by Gasteiger charge is -2.09. The molecule has 0 aliphatic heterocycles. The molecule has 10 heteroatoms. The van der Waals surface area contributed by atoms with Crippen LogP contribution in [0.4, 0.5) is 11.5 Å². The molecule has 30 heavy (non-hydrogen) atoms. The number of esters is 1. The molecule has 0 fully saturated rings. The van der Waals surface area contributed by atoms with Crippen molar-refractivity contribution in [2.24, 2.45) is 0 Å². The molecule has 0 saturated heterocycles. The van der Waals surface area contributed by atoms with Crippen molar-refractivity contribution in [3.05, 3.63) is 81.5 Å². The largest absolute Gasteiger partial charge is 0.489 e. The zero-order valence-corrected chi connectivity index (χ0v) is 16.0. The Bertz CT molecular complexity index is 1060. The van der Waals surface area contributed by atoms with Crippen LogP contribution >= 0.6 is 0 Å². The van der Waals surface area contributed by atoms with Crippen LogP contribution in [0, 0.1) is 10.1 Å². The molecule has 1 heterocycles. The van der Waals surface area contributed by atoms with Gasteiger partial charge in [-0.2, -0.15) is 5.10 Å². The first-order chi connectivity index (χ1) is 14.5. The molecule has 0 unspecified atom stereocenters. The van der Waals surface area contributed by atoms with Crippen LogP contribution in [-0.2, 0) is 11.3 Å². The second-order valence-electron chi connectivity index (χ2n) is 6.05. The molecule has 154 valence electrons.